The maximum atomic E-state index is 14.2. The molecule has 106 heavy (non-hydrogen) atoms. The van der Waals surface area contributed by atoms with Crippen molar-refractivity contribution in [3.8, 4) is 21.1 Å². The van der Waals surface area contributed by atoms with Crippen LogP contribution in [0.1, 0.15) is 240 Å². The van der Waals surface area contributed by atoms with Gasteiger partial charge in [0.05, 0.1) is 43.7 Å². The Morgan fingerprint density at radius 2 is 0.981 bits per heavy atom. The summed E-state index contributed by atoms with van der Waals surface area (Å²) in [6, 6.07) is 27.7. The molecule has 0 aliphatic heterocycles. The fraction of sp³-hybridized carbons (Fsp3) is 0.554. The molecule has 18 atom stereocenters. The fourth-order valence-corrected chi connectivity index (χ4v) is 31.7. The predicted octanol–water partition coefficient (Wildman–Crippen LogP) is 25.5. The van der Waals surface area contributed by atoms with Crippen LogP contribution in [0.15, 0.2) is 148 Å². The van der Waals surface area contributed by atoms with Gasteiger partial charge in [-0.05, 0) is 313 Å². The Morgan fingerprint density at radius 3 is 1.48 bits per heavy atom. The number of allylic oxidation sites excluding steroid dienone is 6. The van der Waals surface area contributed by atoms with Crippen LogP contribution in [0.25, 0.3) is 32.3 Å². The monoisotopic (exact) mass is 1510 g/mol. The van der Waals surface area contributed by atoms with Gasteiger partial charge in [-0.3, -0.25) is 4.79 Å². The summed E-state index contributed by atoms with van der Waals surface area (Å²) in [6.07, 6.45) is 26.7. The average Bonchev–Trinajstić information content (AvgIpc) is 1.08. The van der Waals surface area contributed by atoms with Crippen LogP contribution in [0.2, 0.25) is 0 Å². The summed E-state index contributed by atoms with van der Waals surface area (Å²) in [6.45, 7) is 40.2. The number of nitrogens with zero attached hydrogens (tertiary/aromatic N) is 3. The van der Waals surface area contributed by atoms with Crippen molar-refractivity contribution < 1.29 is 24.6 Å². The number of carboxylic acid groups (broad SMARTS) is 2. The number of hydrogen-bond acceptors (Lipinski definition) is 12. The first kappa shape index (κ1) is 74.1. The first-order valence-corrected chi connectivity index (χ1v) is 44.3. The van der Waals surface area contributed by atoms with Gasteiger partial charge in [-0.2, -0.15) is 0 Å². The van der Waals surface area contributed by atoms with Gasteiger partial charge in [0.1, 0.15) is 0 Å². The van der Waals surface area contributed by atoms with Gasteiger partial charge in [-0.1, -0.05) is 148 Å². The molecule has 0 saturated heterocycles. The van der Waals surface area contributed by atoms with Gasteiger partial charge in [-0.15, -0.1) is 56.7 Å². The number of aromatic nitrogens is 2. The van der Waals surface area contributed by atoms with Crippen LogP contribution in [0.5, 0.6) is 0 Å². The van der Waals surface area contributed by atoms with E-state index in [1.165, 1.54) is 115 Å². The number of anilines is 2. The number of carbonyl (C=O) groups is 3. The number of nitrogens with one attached hydrogen (secondary N) is 1. The van der Waals surface area contributed by atoms with Gasteiger partial charge >= 0.3 is 11.9 Å². The number of aromatic carboxylic acids is 2. The summed E-state index contributed by atoms with van der Waals surface area (Å²) < 4.78 is 0. The van der Waals surface area contributed by atoms with E-state index in [4.69, 9.17) is 9.97 Å². The Morgan fingerprint density at radius 1 is 0.500 bits per heavy atom. The fourth-order valence-electron chi connectivity index (χ4n) is 27.8. The van der Waals surface area contributed by atoms with E-state index in [2.05, 4.69) is 164 Å². The van der Waals surface area contributed by atoms with Crippen molar-refractivity contribution in [1.82, 2.24) is 9.97 Å². The number of ketones is 1. The summed E-state index contributed by atoms with van der Waals surface area (Å²) in [5.41, 5.74) is 11.9. The van der Waals surface area contributed by atoms with Crippen molar-refractivity contribution in [2.24, 2.45) is 102 Å². The molecule has 8 saturated carbocycles. The zero-order valence-electron chi connectivity index (χ0n) is 64.7. The summed E-state index contributed by atoms with van der Waals surface area (Å²) in [5.74, 6) is 4.08. The number of hydrogen-bond donors (Lipinski definition) is 3. The van der Waals surface area contributed by atoms with Gasteiger partial charge < -0.3 is 20.4 Å². The van der Waals surface area contributed by atoms with Crippen LogP contribution < -0.4 is 10.2 Å². The van der Waals surface area contributed by atoms with Crippen molar-refractivity contribution in [2.45, 2.75) is 210 Å². The molecule has 8 fully saturated rings. The quantitative estimate of drug-likeness (QED) is 0.0678. The molecule has 10 aliphatic rings. The van der Waals surface area contributed by atoms with Gasteiger partial charge in [-0.25, -0.2) is 19.6 Å². The summed E-state index contributed by atoms with van der Waals surface area (Å²) in [5, 5.41) is 36.1. The second kappa shape index (κ2) is 26.6. The molecule has 5 aromatic heterocycles. The lowest BCUT2D eigenvalue weighted by Gasteiger charge is -2.73. The Bertz CT molecular complexity index is 4600. The van der Waals surface area contributed by atoms with E-state index in [-0.39, 0.29) is 60.2 Å². The topological polar surface area (TPSA) is 133 Å². The van der Waals surface area contributed by atoms with Crippen molar-refractivity contribution in [2.75, 3.05) is 16.8 Å². The molecular formula is C92H112N4O5S5. The van der Waals surface area contributed by atoms with E-state index in [1.807, 2.05) is 41.8 Å². The molecule has 0 amide bonds. The molecule has 0 radical (unpaired) electrons. The number of carboxylic acids is 2. The first-order chi connectivity index (χ1) is 50.4. The SMILES string of the molecule is C=C(C)[C@@H]1CC[C@]2(N(CC(=O)c3cccs3)c3nc(-c4cccs4)cs3)CC[C@]3(C)[C@H](CC[C@@H]4[C@@]5(C)CC=C(c6ccc(C(=O)O)cc6)C(C)(C)[C@@H]5CC[C@]43C)[C@@H]12.C=C(C)[C@@H]1CC[C@]2(Nc3nc(-c4cccs4)cs3)CC[C@]3(C)[C@H](CC[C@@H]4[C@@]5(C)CC=C(c6ccc(C(=O)O)cc6)C(C)(C)[C@@H]5CC[C@]43C)[C@@H]12. The number of carbonyl (C=O) groups excluding carboxylic acids is 1. The van der Waals surface area contributed by atoms with Crippen LogP contribution in [0.4, 0.5) is 10.3 Å². The van der Waals surface area contributed by atoms with Gasteiger partial charge in [0.25, 0.3) is 0 Å². The minimum absolute atomic E-state index is 0.0225. The van der Waals surface area contributed by atoms with Crippen molar-refractivity contribution in [3.63, 3.8) is 0 Å². The van der Waals surface area contributed by atoms with E-state index in [9.17, 15) is 24.6 Å². The molecule has 2 aromatic carbocycles. The first-order valence-electron chi connectivity index (χ1n) is 39.9. The number of rotatable bonds is 15. The van der Waals surface area contributed by atoms with Crippen LogP contribution in [-0.2, 0) is 0 Å². The molecule has 17 rings (SSSR count). The number of benzene rings is 2. The largest absolute Gasteiger partial charge is 0.478 e. The molecule has 0 spiro atoms. The predicted molar refractivity (Wildman–Crippen MR) is 443 cm³/mol. The molecule has 0 unspecified atom stereocenters. The third-order valence-corrected chi connectivity index (χ3v) is 37.2. The lowest BCUT2D eigenvalue weighted by Crippen LogP contribution is -2.68. The minimum atomic E-state index is -0.875. The van der Waals surface area contributed by atoms with Crippen molar-refractivity contribution in [1.29, 1.82) is 0 Å². The second-order valence-electron chi connectivity index (χ2n) is 37.6. The zero-order valence-corrected chi connectivity index (χ0v) is 68.8. The number of Topliss-reactive ketones (excluding diaryl/α,β-unsaturated/α-hetero) is 1. The molecule has 3 N–H and O–H groups in total. The molecule has 10 aliphatic carbocycles. The molecule has 0 bridgehead atoms. The maximum Gasteiger partial charge on any atom is 0.335 e. The van der Waals surface area contributed by atoms with Crippen LogP contribution in [0.3, 0.4) is 0 Å². The van der Waals surface area contributed by atoms with Crippen LogP contribution in [-0.4, -0.2) is 55.5 Å². The van der Waals surface area contributed by atoms with Crippen LogP contribution in [0, 0.1) is 102 Å². The average molecular weight is 1510 g/mol. The van der Waals surface area contributed by atoms with Crippen molar-refractivity contribution in [3.05, 3.63) is 175 Å². The molecule has 14 heteroatoms. The summed E-state index contributed by atoms with van der Waals surface area (Å²) in [7, 11) is 0. The summed E-state index contributed by atoms with van der Waals surface area (Å²) in [4.78, 5) is 53.7. The van der Waals surface area contributed by atoms with E-state index in [0.29, 0.717) is 76.9 Å². The normalized spacial score (nSPS) is 37.1. The highest BCUT2D eigenvalue weighted by Gasteiger charge is 2.74. The Balaban J connectivity index is 0.000000164. The highest BCUT2D eigenvalue weighted by Crippen LogP contribution is 2.80. The molecule has 5 heterocycles. The Kier molecular flexibility index (Phi) is 18.6. The molecule has 9 nitrogen and oxygen atoms in total. The maximum absolute atomic E-state index is 14.2. The lowest BCUT2D eigenvalue weighted by atomic mass is 9.33. The lowest BCUT2D eigenvalue weighted by molar-refractivity contribution is -0.217. The third-order valence-electron chi connectivity index (χ3n) is 32.9. The standard InChI is InChI=1S/C49H58N2O3S3.C43H54N2O2S2/c1-30(2)33-18-23-49(51(28-37(52)39-11-9-27-56-39)44-50-36(29-57-44)38-10-8-26-55-38)25-24-47(6)35(42(33)49)16-17-41-46(5)21-19-34(31-12-14-32(15-13-31)43(53)54)45(3,4)40(46)20-22-48(41,47)7;1-26(2)29-16-21-43(45-38-44-32(25-49-38)33-9-8-24-48-33)23-22-41(6)31(36(29)43)14-15-35-40(5)19-17-30(27-10-12-28(13-11-27)37(46)47)39(3,4)34(40)18-20-42(35,41)7/h8-15,19,26-27,29,33,35,40-42H,1,16-18,20-25,28H2,2-7H3,(H,53,54);8-13,17,24-25,29,31,34-36H,1,14-16,18-23H2,2-7H3,(H,44,45)(H,46,47)/t33-,35+,40-,41+,42+,46-,47+,48+,49-;29-,31+,34-,35+,36+,40-,41+,42+,43-/m00/s1. The van der Waals surface area contributed by atoms with E-state index in [0.717, 1.165) is 70.6 Å². The van der Waals surface area contributed by atoms with Gasteiger partial charge in [0, 0.05) is 21.8 Å². The molecule has 560 valence electrons. The smallest absolute Gasteiger partial charge is 0.335 e. The van der Waals surface area contributed by atoms with Crippen LogP contribution >= 0.6 is 56.7 Å². The highest BCUT2D eigenvalue weighted by atomic mass is 32.1. The Labute approximate surface area is 651 Å². The Hall–Kier alpha value is -6.03. The van der Waals surface area contributed by atoms with Gasteiger partial charge in [0.2, 0.25) is 0 Å². The van der Waals surface area contributed by atoms with E-state index >= 15 is 0 Å². The minimum Gasteiger partial charge on any atom is -0.478 e. The van der Waals surface area contributed by atoms with Crippen molar-refractivity contribution >= 4 is 95.8 Å². The summed E-state index contributed by atoms with van der Waals surface area (Å²) >= 11 is 8.55. The van der Waals surface area contributed by atoms with Gasteiger partial charge in [0.15, 0.2) is 16.0 Å². The number of fused-ring (bicyclic) bond motifs is 14. The highest BCUT2D eigenvalue weighted by molar-refractivity contribution is 7.16. The number of thiophene rings is 3. The van der Waals surface area contributed by atoms with E-state index in [1.54, 1.807) is 80.9 Å². The molecule has 7 aromatic rings. The number of thiazole rings is 2. The molecular weight excluding hydrogens is 1400 g/mol. The second-order valence-corrected chi connectivity index (χ2v) is 42.1. The third kappa shape index (κ3) is 11.3. The van der Waals surface area contributed by atoms with E-state index < -0.39 is 11.9 Å². The zero-order chi connectivity index (χ0) is 74.7.